The van der Waals surface area contributed by atoms with Crippen molar-refractivity contribution in [3.05, 3.63) is 29.8 Å². The van der Waals surface area contributed by atoms with Crippen molar-refractivity contribution in [2.45, 2.75) is 171 Å². The van der Waals surface area contributed by atoms with Crippen LogP contribution in [0.3, 0.4) is 0 Å². The summed E-state index contributed by atoms with van der Waals surface area (Å²) in [5.41, 5.74) is 5.67. The number of amides is 9. The summed E-state index contributed by atoms with van der Waals surface area (Å²) in [6, 6.07) is -8.95. The Hall–Kier alpha value is -6.93. The molecule has 0 saturated carbocycles. The first-order valence-corrected chi connectivity index (χ1v) is 23.9. The molecule has 0 bridgehead atoms. The van der Waals surface area contributed by atoms with E-state index in [0.717, 1.165) is 51.9 Å². The molecule has 0 aliphatic carbocycles. The summed E-state index contributed by atoms with van der Waals surface area (Å²) in [7, 11) is 0. The quantitative estimate of drug-likeness (QED) is 0.0506. The van der Waals surface area contributed by atoms with E-state index in [1.165, 1.54) is 24.3 Å². The van der Waals surface area contributed by atoms with Gasteiger partial charge in [-0.15, -0.1) is 0 Å². The maximum absolute atomic E-state index is 14.0. The van der Waals surface area contributed by atoms with E-state index in [-0.39, 0.29) is 17.7 Å². The van der Waals surface area contributed by atoms with E-state index in [1.54, 1.807) is 0 Å². The number of unbranched alkanes of at least 4 members (excludes halogenated alkanes) is 8. The van der Waals surface area contributed by atoms with Gasteiger partial charge in [-0.3, -0.25) is 52.7 Å². The topological polar surface area (TPSA) is 431 Å². The number of phenolic OH excluding ortho intramolecular Hbond substituents is 1. The van der Waals surface area contributed by atoms with Crippen molar-refractivity contribution in [3.63, 3.8) is 0 Å². The third-order valence-electron chi connectivity index (χ3n) is 11.5. The molecule has 1 aliphatic rings. The largest absolute Gasteiger partial charge is 0.508 e. The fraction of sp³-hybridized carbons (Fsp3) is 0.630. The Morgan fingerprint density at radius 2 is 1.03 bits per heavy atom. The summed E-state index contributed by atoms with van der Waals surface area (Å²) < 4.78 is 0. The summed E-state index contributed by atoms with van der Waals surface area (Å²) in [5.74, 6) is -14.0. The molecular weight excluding hydrogens is 951 g/mol. The summed E-state index contributed by atoms with van der Waals surface area (Å²) in [6.07, 6.45) is 2.32. The second kappa shape index (κ2) is 32.1. The molecule has 1 aromatic rings. The van der Waals surface area contributed by atoms with Crippen LogP contribution in [0.2, 0.25) is 0 Å². The molecule has 26 nitrogen and oxygen atoms in total. The van der Waals surface area contributed by atoms with E-state index in [1.807, 2.05) is 0 Å². The second-order valence-corrected chi connectivity index (χ2v) is 17.6. The average Bonchev–Trinajstić information content (AvgIpc) is 3.31. The number of aliphatic hydroxyl groups excluding tert-OH is 3. The molecule has 402 valence electrons. The summed E-state index contributed by atoms with van der Waals surface area (Å²) in [5, 5.41) is 78.1. The maximum atomic E-state index is 14.0. The third kappa shape index (κ3) is 22.9. The number of aliphatic hydroxyl groups is 3. The molecule has 1 saturated heterocycles. The van der Waals surface area contributed by atoms with E-state index in [0.29, 0.717) is 12.8 Å². The number of carboxylic acids is 2. The van der Waals surface area contributed by atoms with Crippen LogP contribution in [0.15, 0.2) is 24.3 Å². The average molecular weight is 1020 g/mol. The summed E-state index contributed by atoms with van der Waals surface area (Å²) >= 11 is 0. The number of hydrogen-bond donors (Lipinski definition) is 15. The minimum atomic E-state index is -1.99. The lowest BCUT2D eigenvalue weighted by atomic mass is 10.0. The number of benzene rings is 1. The van der Waals surface area contributed by atoms with Gasteiger partial charge in [-0.2, -0.15) is 0 Å². The molecule has 1 heterocycles. The van der Waals surface area contributed by atoms with Crippen LogP contribution >= 0.6 is 0 Å². The maximum Gasteiger partial charge on any atom is 0.305 e. The lowest BCUT2D eigenvalue weighted by molar-refractivity contribution is -0.141. The molecular formula is C46H71N9O17. The van der Waals surface area contributed by atoms with Crippen molar-refractivity contribution in [1.29, 1.82) is 0 Å². The highest BCUT2D eigenvalue weighted by Crippen LogP contribution is 2.15. The molecule has 2 rings (SSSR count). The number of aromatic hydroxyl groups is 1. The van der Waals surface area contributed by atoms with Gasteiger partial charge in [0.2, 0.25) is 53.2 Å². The van der Waals surface area contributed by atoms with Gasteiger partial charge < -0.3 is 78.9 Å². The van der Waals surface area contributed by atoms with E-state index in [2.05, 4.69) is 49.5 Å². The SMILES string of the molecule is CCCCCCCCCCCC1CC(=O)NC(CC(=O)O)C(=O)NC(Cc2ccc(O)cc2)C(=O)NC(CC(N)=O)C(=O)NC(CO)C(=O)NC(CCC(=O)O)C(=O)NC(CO)C(=O)N[C@@H]([C@@H](C)O)C(=O)N1. The van der Waals surface area contributed by atoms with E-state index < -0.39 is 171 Å². The number of phenols is 1. The van der Waals surface area contributed by atoms with Gasteiger partial charge in [0.1, 0.15) is 48.0 Å². The summed E-state index contributed by atoms with van der Waals surface area (Å²) in [6.45, 7) is 0.889. The van der Waals surface area contributed by atoms with Gasteiger partial charge in [0.05, 0.1) is 32.2 Å². The Labute approximate surface area is 415 Å². The van der Waals surface area contributed by atoms with Gasteiger partial charge in [0, 0.05) is 25.3 Å². The predicted octanol–water partition coefficient (Wildman–Crippen LogP) is -3.28. The van der Waals surface area contributed by atoms with Crippen LogP contribution in [0.5, 0.6) is 5.75 Å². The first-order valence-electron chi connectivity index (χ1n) is 23.9. The smallest absolute Gasteiger partial charge is 0.305 e. The fourth-order valence-electron chi connectivity index (χ4n) is 7.51. The zero-order valence-corrected chi connectivity index (χ0v) is 40.5. The number of nitrogens with two attached hydrogens (primary N) is 1. The Morgan fingerprint density at radius 3 is 1.54 bits per heavy atom. The second-order valence-electron chi connectivity index (χ2n) is 17.6. The van der Waals surface area contributed by atoms with Gasteiger partial charge >= 0.3 is 11.9 Å². The van der Waals surface area contributed by atoms with E-state index >= 15 is 0 Å². The number of rotatable bonds is 22. The van der Waals surface area contributed by atoms with Crippen molar-refractivity contribution in [2.75, 3.05) is 13.2 Å². The minimum absolute atomic E-state index is 0.135. The summed E-state index contributed by atoms with van der Waals surface area (Å²) in [4.78, 5) is 146. The van der Waals surface area contributed by atoms with Crippen LogP contribution in [0.25, 0.3) is 0 Å². The predicted molar refractivity (Wildman–Crippen MR) is 253 cm³/mol. The first-order chi connectivity index (χ1) is 34.1. The standard InChI is InChI=1S/C46H71N9O17/c1-3-4-5-6-7-8-9-10-11-12-27-20-36(61)49-32(22-38(64)65)43(69)51-30(19-26-13-15-28(59)16-14-26)41(67)52-31(21-35(47)60)42(68)54-33(23-56)44(70)50-29(17-18-37(62)63)40(66)53-34(24-57)45(71)55-39(25(2)58)46(72)48-27/h13-16,25,27,29-34,39,56-59H,3-12,17-24H2,1-2H3,(H2,47,60)(H,48,72)(H,49,61)(H,50,70)(H,51,69)(H,52,67)(H,53,66)(H,54,68)(H,55,71)(H,62,63)(H,64,65)/t25-,27?,29?,30?,31?,32?,33?,34?,39+/m1/s1. The lowest BCUT2D eigenvalue weighted by Gasteiger charge is -2.28. The van der Waals surface area contributed by atoms with Crippen molar-refractivity contribution < 1.29 is 83.4 Å². The van der Waals surface area contributed by atoms with Crippen LogP contribution < -0.4 is 48.3 Å². The number of nitrogens with one attached hydrogen (secondary N) is 8. The van der Waals surface area contributed by atoms with Crippen molar-refractivity contribution in [3.8, 4) is 5.75 Å². The molecule has 0 spiro atoms. The van der Waals surface area contributed by atoms with Gasteiger partial charge in [0.25, 0.3) is 0 Å². The van der Waals surface area contributed by atoms with Crippen LogP contribution in [0, 0.1) is 0 Å². The van der Waals surface area contributed by atoms with Crippen LogP contribution in [-0.4, -0.2) is 163 Å². The molecule has 1 aromatic carbocycles. The zero-order chi connectivity index (χ0) is 53.9. The van der Waals surface area contributed by atoms with Crippen LogP contribution in [0.1, 0.15) is 116 Å². The van der Waals surface area contributed by atoms with Gasteiger partial charge in [-0.25, -0.2) is 0 Å². The van der Waals surface area contributed by atoms with E-state index in [9.17, 15) is 83.4 Å². The highest BCUT2D eigenvalue weighted by Gasteiger charge is 2.36. The highest BCUT2D eigenvalue weighted by molar-refractivity contribution is 5.99. The van der Waals surface area contributed by atoms with Crippen LogP contribution in [0.4, 0.5) is 0 Å². The van der Waals surface area contributed by atoms with E-state index in [4.69, 9.17) is 5.73 Å². The van der Waals surface area contributed by atoms with Gasteiger partial charge in [0.15, 0.2) is 0 Å². The highest BCUT2D eigenvalue weighted by atomic mass is 16.4. The van der Waals surface area contributed by atoms with Crippen LogP contribution in [-0.2, 0) is 59.2 Å². The Balaban J connectivity index is 2.71. The first kappa shape index (κ1) is 61.2. The Kier molecular flexibility index (Phi) is 27.3. The van der Waals surface area contributed by atoms with Crippen molar-refractivity contribution >= 4 is 65.1 Å². The van der Waals surface area contributed by atoms with Gasteiger partial charge in [-0.05, 0) is 37.5 Å². The normalized spacial score (nSPS) is 24.0. The monoisotopic (exact) mass is 1020 g/mol. The number of carbonyl (C=O) groups excluding carboxylic acids is 9. The third-order valence-corrected chi connectivity index (χ3v) is 11.5. The number of carbonyl (C=O) groups is 11. The molecule has 72 heavy (non-hydrogen) atoms. The minimum Gasteiger partial charge on any atom is -0.508 e. The molecule has 16 N–H and O–H groups in total. The molecule has 0 aromatic heterocycles. The number of carboxylic acid groups (broad SMARTS) is 2. The fourth-order valence-corrected chi connectivity index (χ4v) is 7.51. The van der Waals surface area contributed by atoms with Gasteiger partial charge in [-0.1, -0.05) is 76.8 Å². The molecule has 9 amide bonds. The molecule has 1 fully saturated rings. The lowest BCUT2D eigenvalue weighted by Crippen LogP contribution is -2.62. The van der Waals surface area contributed by atoms with Crippen molar-refractivity contribution in [2.24, 2.45) is 5.73 Å². The molecule has 0 radical (unpaired) electrons. The molecule has 26 heteroatoms. The molecule has 9 atom stereocenters. The zero-order valence-electron chi connectivity index (χ0n) is 40.5. The molecule has 1 aliphatic heterocycles. The number of hydrogen-bond acceptors (Lipinski definition) is 15. The number of primary amides is 1. The molecule has 7 unspecified atom stereocenters. The van der Waals surface area contributed by atoms with Crippen molar-refractivity contribution in [1.82, 2.24) is 42.5 Å². The Morgan fingerprint density at radius 1 is 0.569 bits per heavy atom. The Bertz CT molecular complexity index is 2020. The number of aliphatic carboxylic acids is 2.